The summed E-state index contributed by atoms with van der Waals surface area (Å²) in [6.45, 7) is 1.80. The van der Waals surface area contributed by atoms with Gasteiger partial charge in [0.15, 0.2) is 0 Å². The monoisotopic (exact) mass is 361 g/mol. The molecule has 0 saturated carbocycles. The van der Waals surface area contributed by atoms with Crippen LogP contribution in [0.4, 0.5) is 4.39 Å². The second-order valence-corrected chi connectivity index (χ2v) is 5.92. The van der Waals surface area contributed by atoms with Crippen molar-refractivity contribution in [3.63, 3.8) is 0 Å². The molecule has 0 bridgehead atoms. The number of para-hydroxylation sites is 1. The summed E-state index contributed by atoms with van der Waals surface area (Å²) in [5.41, 5.74) is 0.764. The summed E-state index contributed by atoms with van der Waals surface area (Å²) in [7, 11) is 0. The number of carbonyl (C=O) groups is 1. The van der Waals surface area contributed by atoms with Crippen molar-refractivity contribution in [3.8, 4) is 0 Å². The predicted molar refractivity (Wildman–Crippen MR) is 86.2 cm³/mol. The zero-order valence-electron chi connectivity index (χ0n) is 11.8. The van der Waals surface area contributed by atoms with Gasteiger partial charge in [-0.15, -0.1) is 0 Å². The molecule has 112 valence electrons. The van der Waals surface area contributed by atoms with Crippen LogP contribution in [0, 0.1) is 5.82 Å². The zero-order chi connectivity index (χ0) is 15.7. The highest BCUT2D eigenvalue weighted by Gasteiger charge is 2.17. The molecule has 0 fully saturated rings. The molecular formula is C17H13BrFNO2. The van der Waals surface area contributed by atoms with Crippen LogP contribution in [0.5, 0.6) is 0 Å². The Bertz CT molecular complexity index is 811. The average molecular weight is 362 g/mol. The fourth-order valence-electron chi connectivity index (χ4n) is 2.23. The summed E-state index contributed by atoms with van der Waals surface area (Å²) < 4.78 is 20.1. The van der Waals surface area contributed by atoms with E-state index in [1.54, 1.807) is 13.0 Å². The second-order valence-electron chi connectivity index (χ2n) is 5.01. The third kappa shape index (κ3) is 2.90. The molecule has 1 aromatic heterocycles. The Labute approximate surface area is 135 Å². The zero-order valence-corrected chi connectivity index (χ0v) is 13.4. The van der Waals surface area contributed by atoms with Crippen LogP contribution in [0.2, 0.25) is 0 Å². The molecule has 0 aliphatic carbocycles. The van der Waals surface area contributed by atoms with Crippen LogP contribution in [0.25, 0.3) is 11.0 Å². The number of carbonyl (C=O) groups excluding carboxylic acids is 1. The van der Waals surface area contributed by atoms with E-state index in [-0.39, 0.29) is 11.6 Å². The first-order valence-electron chi connectivity index (χ1n) is 6.79. The van der Waals surface area contributed by atoms with Crippen molar-refractivity contribution in [3.05, 3.63) is 70.1 Å². The number of fused-ring (bicyclic) bond motifs is 1. The molecule has 1 N–H and O–H groups in total. The first kappa shape index (κ1) is 14.8. The standard InChI is InChI=1S/C17H13BrFNO2/c1-10(16-8-11-4-2-3-5-15(11)22-16)20-17(21)13-7-6-12(18)9-14(13)19/h2-10H,1H3,(H,20,21). The van der Waals surface area contributed by atoms with Crippen molar-refractivity contribution >= 4 is 32.8 Å². The van der Waals surface area contributed by atoms with E-state index in [1.165, 1.54) is 12.1 Å². The molecule has 1 atom stereocenters. The minimum atomic E-state index is -0.566. The van der Waals surface area contributed by atoms with Gasteiger partial charge in [0, 0.05) is 9.86 Å². The Morgan fingerprint density at radius 3 is 2.73 bits per heavy atom. The topological polar surface area (TPSA) is 42.2 Å². The van der Waals surface area contributed by atoms with Crippen molar-refractivity contribution in [2.75, 3.05) is 0 Å². The Balaban J connectivity index is 1.81. The van der Waals surface area contributed by atoms with Gasteiger partial charge in [-0.3, -0.25) is 4.79 Å². The van der Waals surface area contributed by atoms with Crippen LogP contribution >= 0.6 is 15.9 Å². The van der Waals surface area contributed by atoms with Gasteiger partial charge < -0.3 is 9.73 Å². The van der Waals surface area contributed by atoms with Gasteiger partial charge in [-0.1, -0.05) is 34.1 Å². The maximum Gasteiger partial charge on any atom is 0.254 e. The van der Waals surface area contributed by atoms with Crippen molar-refractivity contribution in [1.82, 2.24) is 5.32 Å². The van der Waals surface area contributed by atoms with Gasteiger partial charge in [0.2, 0.25) is 0 Å². The number of hydrogen-bond acceptors (Lipinski definition) is 2. The normalized spacial score (nSPS) is 12.3. The van der Waals surface area contributed by atoms with Crippen LogP contribution in [0.15, 0.2) is 57.4 Å². The summed E-state index contributed by atoms with van der Waals surface area (Å²) in [6.07, 6.45) is 0. The molecule has 1 unspecified atom stereocenters. The van der Waals surface area contributed by atoms with Crippen molar-refractivity contribution in [2.24, 2.45) is 0 Å². The van der Waals surface area contributed by atoms with E-state index in [4.69, 9.17) is 4.42 Å². The van der Waals surface area contributed by atoms with Gasteiger partial charge >= 0.3 is 0 Å². The molecule has 0 radical (unpaired) electrons. The molecule has 0 aliphatic rings. The van der Waals surface area contributed by atoms with Gasteiger partial charge in [-0.05, 0) is 37.3 Å². The number of rotatable bonds is 3. The SMILES string of the molecule is CC(NC(=O)c1ccc(Br)cc1F)c1cc2ccccc2o1. The first-order valence-corrected chi connectivity index (χ1v) is 7.58. The van der Waals surface area contributed by atoms with E-state index < -0.39 is 11.7 Å². The molecule has 0 aliphatic heterocycles. The summed E-state index contributed by atoms with van der Waals surface area (Å²) in [5, 5.41) is 3.71. The first-order chi connectivity index (χ1) is 10.5. The predicted octanol–water partition coefficient (Wildman–Crippen LogP) is 4.83. The molecule has 0 saturated heterocycles. The van der Waals surface area contributed by atoms with E-state index in [2.05, 4.69) is 21.2 Å². The van der Waals surface area contributed by atoms with E-state index in [1.807, 2.05) is 30.3 Å². The number of amides is 1. The lowest BCUT2D eigenvalue weighted by Gasteiger charge is -2.12. The Morgan fingerprint density at radius 1 is 1.23 bits per heavy atom. The van der Waals surface area contributed by atoms with Crippen LogP contribution in [-0.2, 0) is 0 Å². The van der Waals surface area contributed by atoms with E-state index in [9.17, 15) is 9.18 Å². The maximum atomic E-state index is 13.8. The van der Waals surface area contributed by atoms with Crippen LogP contribution < -0.4 is 5.32 Å². The number of halogens is 2. The lowest BCUT2D eigenvalue weighted by molar-refractivity contribution is 0.0931. The summed E-state index contributed by atoms with van der Waals surface area (Å²) in [4.78, 5) is 12.2. The highest BCUT2D eigenvalue weighted by molar-refractivity contribution is 9.10. The fraction of sp³-hybridized carbons (Fsp3) is 0.118. The fourth-order valence-corrected chi connectivity index (χ4v) is 2.57. The molecule has 3 rings (SSSR count). The molecule has 3 aromatic rings. The average Bonchev–Trinajstić information content (AvgIpc) is 2.91. The van der Waals surface area contributed by atoms with Crippen molar-refractivity contribution < 1.29 is 13.6 Å². The lowest BCUT2D eigenvalue weighted by Crippen LogP contribution is -2.27. The molecule has 22 heavy (non-hydrogen) atoms. The van der Waals surface area contributed by atoms with E-state index >= 15 is 0 Å². The molecule has 1 amide bonds. The highest BCUT2D eigenvalue weighted by Crippen LogP contribution is 2.24. The molecule has 0 spiro atoms. The summed E-state index contributed by atoms with van der Waals surface area (Å²) in [6, 6.07) is 13.5. The molecule has 5 heteroatoms. The Morgan fingerprint density at radius 2 is 2.00 bits per heavy atom. The smallest absolute Gasteiger partial charge is 0.254 e. The summed E-state index contributed by atoms with van der Waals surface area (Å²) >= 11 is 3.17. The highest BCUT2D eigenvalue weighted by atomic mass is 79.9. The quantitative estimate of drug-likeness (QED) is 0.726. The van der Waals surface area contributed by atoms with Gasteiger partial charge in [0.1, 0.15) is 17.2 Å². The number of nitrogens with one attached hydrogen (secondary N) is 1. The number of benzene rings is 2. The number of hydrogen-bond donors (Lipinski definition) is 1. The third-order valence-electron chi connectivity index (χ3n) is 3.39. The van der Waals surface area contributed by atoms with Crippen molar-refractivity contribution in [2.45, 2.75) is 13.0 Å². The Kier molecular flexibility index (Phi) is 3.98. The largest absolute Gasteiger partial charge is 0.459 e. The van der Waals surface area contributed by atoms with Gasteiger partial charge in [0.25, 0.3) is 5.91 Å². The van der Waals surface area contributed by atoms with Crippen LogP contribution in [0.1, 0.15) is 29.1 Å². The lowest BCUT2D eigenvalue weighted by atomic mass is 10.1. The Hall–Kier alpha value is -2.14. The molecule has 1 heterocycles. The minimum absolute atomic E-state index is 0.00570. The summed E-state index contributed by atoms with van der Waals surface area (Å²) in [5.74, 6) is -0.409. The van der Waals surface area contributed by atoms with Gasteiger partial charge in [-0.25, -0.2) is 4.39 Å². The molecular weight excluding hydrogens is 349 g/mol. The minimum Gasteiger partial charge on any atom is -0.459 e. The van der Waals surface area contributed by atoms with Gasteiger partial charge in [0.05, 0.1) is 11.6 Å². The third-order valence-corrected chi connectivity index (χ3v) is 3.89. The maximum absolute atomic E-state index is 13.8. The van der Waals surface area contributed by atoms with Crippen LogP contribution in [-0.4, -0.2) is 5.91 Å². The molecule has 2 aromatic carbocycles. The van der Waals surface area contributed by atoms with Crippen molar-refractivity contribution in [1.29, 1.82) is 0 Å². The molecule has 3 nitrogen and oxygen atoms in total. The van der Waals surface area contributed by atoms with Crippen LogP contribution in [0.3, 0.4) is 0 Å². The second kappa shape index (κ2) is 5.93. The van der Waals surface area contributed by atoms with E-state index in [0.717, 1.165) is 11.0 Å². The number of furan rings is 1. The van der Waals surface area contributed by atoms with Gasteiger partial charge in [-0.2, -0.15) is 0 Å². The van der Waals surface area contributed by atoms with E-state index in [0.29, 0.717) is 10.2 Å².